The summed E-state index contributed by atoms with van der Waals surface area (Å²) >= 11 is 0. The Balaban J connectivity index is 2.06. The van der Waals surface area contributed by atoms with E-state index in [-0.39, 0.29) is 5.69 Å². The number of aromatic nitrogens is 1. The number of hydrogen-bond donors (Lipinski definition) is 1. The number of nitrogens with zero attached hydrogens (tertiary/aromatic N) is 2. The number of aromatic carboxylic acids is 1. The summed E-state index contributed by atoms with van der Waals surface area (Å²) in [6, 6.07) is 19.3. The van der Waals surface area contributed by atoms with Gasteiger partial charge in [0.15, 0.2) is 5.69 Å². The SMILES string of the molecule is CN(Cc1ccccc1)c1nc(C(=O)O)cc2ccccc12. The van der Waals surface area contributed by atoms with Gasteiger partial charge < -0.3 is 10.0 Å². The van der Waals surface area contributed by atoms with Gasteiger partial charge in [-0.05, 0) is 17.0 Å². The zero-order valence-electron chi connectivity index (χ0n) is 12.2. The first-order valence-corrected chi connectivity index (χ1v) is 7.03. The van der Waals surface area contributed by atoms with Crippen LogP contribution in [0.25, 0.3) is 10.8 Å². The average Bonchev–Trinajstić information content (AvgIpc) is 2.54. The van der Waals surface area contributed by atoms with Gasteiger partial charge >= 0.3 is 5.97 Å². The number of hydrogen-bond acceptors (Lipinski definition) is 3. The van der Waals surface area contributed by atoms with Crippen molar-refractivity contribution in [1.82, 2.24) is 4.98 Å². The third-order valence-corrected chi connectivity index (χ3v) is 3.56. The van der Waals surface area contributed by atoms with Crippen LogP contribution in [0.5, 0.6) is 0 Å². The van der Waals surface area contributed by atoms with E-state index in [0.717, 1.165) is 16.3 Å². The molecule has 0 spiro atoms. The van der Waals surface area contributed by atoms with Crippen LogP contribution in [0.15, 0.2) is 60.7 Å². The largest absolute Gasteiger partial charge is 0.477 e. The predicted molar refractivity (Wildman–Crippen MR) is 87.3 cm³/mol. The molecule has 0 amide bonds. The molecule has 1 N–H and O–H groups in total. The molecule has 4 heteroatoms. The Labute approximate surface area is 128 Å². The number of carboxylic acid groups (broad SMARTS) is 1. The molecule has 0 radical (unpaired) electrons. The minimum atomic E-state index is -1.01. The highest BCUT2D eigenvalue weighted by Gasteiger charge is 2.14. The van der Waals surface area contributed by atoms with Crippen LogP contribution < -0.4 is 4.90 Å². The molecule has 0 atom stereocenters. The molecule has 110 valence electrons. The van der Waals surface area contributed by atoms with Crippen LogP contribution in [0, 0.1) is 0 Å². The van der Waals surface area contributed by atoms with Crippen LogP contribution in [0.4, 0.5) is 5.82 Å². The average molecular weight is 292 g/mol. The van der Waals surface area contributed by atoms with Gasteiger partial charge in [0.2, 0.25) is 0 Å². The molecule has 3 aromatic rings. The molecule has 0 fully saturated rings. The number of fused-ring (bicyclic) bond motifs is 1. The second kappa shape index (κ2) is 5.85. The van der Waals surface area contributed by atoms with E-state index in [4.69, 9.17) is 0 Å². The summed E-state index contributed by atoms with van der Waals surface area (Å²) in [4.78, 5) is 17.6. The lowest BCUT2D eigenvalue weighted by molar-refractivity contribution is 0.0691. The zero-order chi connectivity index (χ0) is 15.5. The first-order valence-electron chi connectivity index (χ1n) is 7.03. The minimum absolute atomic E-state index is 0.0635. The van der Waals surface area contributed by atoms with Gasteiger partial charge in [0.1, 0.15) is 5.82 Å². The summed E-state index contributed by atoms with van der Waals surface area (Å²) in [6.07, 6.45) is 0. The fourth-order valence-electron chi connectivity index (χ4n) is 2.51. The van der Waals surface area contributed by atoms with Gasteiger partial charge in [-0.2, -0.15) is 0 Å². The van der Waals surface area contributed by atoms with Crippen LogP contribution in [0.2, 0.25) is 0 Å². The highest BCUT2D eigenvalue weighted by molar-refractivity contribution is 5.97. The Kier molecular flexibility index (Phi) is 3.74. The molecule has 0 saturated carbocycles. The maximum absolute atomic E-state index is 11.3. The molecule has 0 aliphatic carbocycles. The molecule has 4 nitrogen and oxygen atoms in total. The smallest absolute Gasteiger partial charge is 0.354 e. The van der Waals surface area contributed by atoms with E-state index in [9.17, 15) is 9.90 Å². The summed E-state index contributed by atoms with van der Waals surface area (Å²) in [7, 11) is 1.92. The van der Waals surface area contributed by atoms with Gasteiger partial charge in [-0.3, -0.25) is 0 Å². The van der Waals surface area contributed by atoms with E-state index in [1.165, 1.54) is 0 Å². The van der Waals surface area contributed by atoms with Crippen LogP contribution in [-0.2, 0) is 6.54 Å². The fourth-order valence-corrected chi connectivity index (χ4v) is 2.51. The van der Waals surface area contributed by atoms with Gasteiger partial charge in [0.25, 0.3) is 0 Å². The quantitative estimate of drug-likeness (QED) is 0.798. The van der Waals surface area contributed by atoms with Crippen molar-refractivity contribution in [3.63, 3.8) is 0 Å². The monoisotopic (exact) mass is 292 g/mol. The highest BCUT2D eigenvalue weighted by atomic mass is 16.4. The third kappa shape index (κ3) is 2.76. The van der Waals surface area contributed by atoms with E-state index in [1.54, 1.807) is 6.07 Å². The van der Waals surface area contributed by atoms with Crippen molar-refractivity contribution in [2.45, 2.75) is 6.54 Å². The highest BCUT2D eigenvalue weighted by Crippen LogP contribution is 2.26. The fraction of sp³-hybridized carbons (Fsp3) is 0.111. The van der Waals surface area contributed by atoms with Crippen molar-refractivity contribution in [2.24, 2.45) is 0 Å². The van der Waals surface area contributed by atoms with Gasteiger partial charge in [-0.1, -0.05) is 54.6 Å². The molecule has 22 heavy (non-hydrogen) atoms. The first kappa shape index (κ1) is 14.1. The molecular weight excluding hydrogens is 276 g/mol. The molecule has 1 heterocycles. The molecule has 3 rings (SSSR count). The second-order valence-corrected chi connectivity index (χ2v) is 5.20. The Hall–Kier alpha value is -2.88. The molecule has 0 bridgehead atoms. The Morgan fingerprint density at radius 3 is 2.50 bits per heavy atom. The maximum atomic E-state index is 11.3. The summed E-state index contributed by atoms with van der Waals surface area (Å²) in [5.74, 6) is -0.334. The first-order chi connectivity index (χ1) is 10.6. The topological polar surface area (TPSA) is 53.4 Å². The minimum Gasteiger partial charge on any atom is -0.477 e. The lowest BCUT2D eigenvalue weighted by atomic mass is 10.1. The van der Waals surface area contributed by atoms with Crippen LogP contribution in [0.1, 0.15) is 16.1 Å². The van der Waals surface area contributed by atoms with E-state index < -0.39 is 5.97 Å². The number of rotatable bonds is 4. The standard InChI is InChI=1S/C18H16N2O2/c1-20(12-13-7-3-2-4-8-13)17-15-10-6-5-9-14(15)11-16(19-17)18(21)22/h2-11H,12H2,1H3,(H,21,22). The van der Waals surface area contributed by atoms with E-state index >= 15 is 0 Å². The summed E-state index contributed by atoms with van der Waals surface area (Å²) in [5.41, 5.74) is 1.21. The van der Waals surface area contributed by atoms with Gasteiger partial charge in [0.05, 0.1) is 0 Å². The number of carboxylic acids is 1. The number of anilines is 1. The molecule has 0 aliphatic heterocycles. The van der Waals surface area contributed by atoms with Crippen molar-refractivity contribution in [3.05, 3.63) is 71.9 Å². The molecule has 0 saturated heterocycles. The number of carbonyl (C=O) groups is 1. The van der Waals surface area contributed by atoms with Crippen molar-refractivity contribution in [1.29, 1.82) is 0 Å². The molecule has 2 aromatic carbocycles. The zero-order valence-corrected chi connectivity index (χ0v) is 12.2. The van der Waals surface area contributed by atoms with E-state index in [1.807, 2.05) is 66.5 Å². The van der Waals surface area contributed by atoms with Crippen LogP contribution in [-0.4, -0.2) is 23.1 Å². The van der Waals surface area contributed by atoms with Crippen molar-refractivity contribution in [2.75, 3.05) is 11.9 Å². The van der Waals surface area contributed by atoms with Crippen molar-refractivity contribution < 1.29 is 9.90 Å². The Morgan fingerprint density at radius 2 is 1.77 bits per heavy atom. The number of pyridine rings is 1. The third-order valence-electron chi connectivity index (χ3n) is 3.56. The lowest BCUT2D eigenvalue weighted by Crippen LogP contribution is -2.19. The maximum Gasteiger partial charge on any atom is 0.354 e. The summed E-state index contributed by atoms with van der Waals surface area (Å²) in [6.45, 7) is 0.668. The number of benzene rings is 2. The van der Waals surface area contributed by atoms with E-state index in [0.29, 0.717) is 12.4 Å². The molecule has 1 aromatic heterocycles. The van der Waals surface area contributed by atoms with Crippen molar-refractivity contribution >= 4 is 22.6 Å². The molecular formula is C18H16N2O2. The second-order valence-electron chi connectivity index (χ2n) is 5.20. The van der Waals surface area contributed by atoms with Crippen molar-refractivity contribution in [3.8, 4) is 0 Å². The molecule has 0 aliphatic rings. The van der Waals surface area contributed by atoms with Gasteiger partial charge in [0, 0.05) is 19.0 Å². The lowest BCUT2D eigenvalue weighted by Gasteiger charge is -2.20. The van der Waals surface area contributed by atoms with Crippen LogP contribution in [0.3, 0.4) is 0 Å². The Bertz CT molecular complexity index is 816. The van der Waals surface area contributed by atoms with Crippen LogP contribution >= 0.6 is 0 Å². The van der Waals surface area contributed by atoms with Gasteiger partial charge in [-0.15, -0.1) is 0 Å². The summed E-state index contributed by atoms with van der Waals surface area (Å²) < 4.78 is 0. The normalized spacial score (nSPS) is 10.6. The summed E-state index contributed by atoms with van der Waals surface area (Å²) in [5, 5.41) is 11.1. The van der Waals surface area contributed by atoms with Gasteiger partial charge in [-0.25, -0.2) is 9.78 Å². The van der Waals surface area contributed by atoms with E-state index in [2.05, 4.69) is 4.98 Å². The Morgan fingerprint density at radius 1 is 1.09 bits per heavy atom. The predicted octanol–water partition coefficient (Wildman–Crippen LogP) is 3.57. The molecule has 0 unspecified atom stereocenters.